The first kappa shape index (κ1) is 23.5. The van der Waals surface area contributed by atoms with Crippen LogP contribution in [0.25, 0.3) is 0 Å². The zero-order valence-electron chi connectivity index (χ0n) is 16.8. The number of ether oxygens (including phenoxy) is 4. The van der Waals surface area contributed by atoms with Crippen molar-refractivity contribution in [1.82, 2.24) is 4.98 Å². The van der Waals surface area contributed by atoms with E-state index in [1.165, 1.54) is 33.0 Å². The molecule has 1 aromatic heterocycles. The van der Waals surface area contributed by atoms with Gasteiger partial charge in [-0.1, -0.05) is 18.7 Å². The lowest BCUT2D eigenvalue weighted by molar-refractivity contribution is -0.389. The first-order valence-corrected chi connectivity index (χ1v) is 9.86. The van der Waals surface area contributed by atoms with Gasteiger partial charge in [-0.3, -0.25) is 14.4 Å². The van der Waals surface area contributed by atoms with E-state index in [1.807, 2.05) is 0 Å². The quantitative estimate of drug-likeness (QED) is 0.264. The average Bonchev–Trinajstić information content (AvgIpc) is 2.65. The molecule has 0 bridgehead atoms. The van der Waals surface area contributed by atoms with Crippen molar-refractivity contribution in [2.75, 3.05) is 6.61 Å². The number of carbonyl (C=O) groups is 3. The van der Waals surface area contributed by atoms with Crippen LogP contribution in [0.15, 0.2) is 23.2 Å². The molecule has 2 heterocycles. The lowest BCUT2D eigenvalue weighted by Gasteiger charge is -2.43. The van der Waals surface area contributed by atoms with Gasteiger partial charge in [0.25, 0.3) is 0 Å². The summed E-state index contributed by atoms with van der Waals surface area (Å²) in [6.07, 6.45) is -1.22. The third-order valence-corrected chi connectivity index (χ3v) is 5.33. The van der Waals surface area contributed by atoms with E-state index in [9.17, 15) is 24.5 Å². The van der Waals surface area contributed by atoms with E-state index in [4.69, 9.17) is 18.9 Å². The summed E-state index contributed by atoms with van der Waals surface area (Å²) in [7, 11) is 0. The summed E-state index contributed by atoms with van der Waals surface area (Å²) in [5.41, 5.74) is -0.807. The van der Waals surface area contributed by atoms with Crippen molar-refractivity contribution in [1.29, 1.82) is 0 Å². The Morgan fingerprint density at radius 3 is 2.37 bits per heavy atom. The molecule has 12 heteroatoms. The van der Waals surface area contributed by atoms with Crippen molar-refractivity contribution in [3.05, 3.63) is 28.4 Å². The molecule has 0 aliphatic carbocycles. The van der Waals surface area contributed by atoms with Crippen molar-refractivity contribution in [3.63, 3.8) is 0 Å². The van der Waals surface area contributed by atoms with Gasteiger partial charge in [0.15, 0.2) is 0 Å². The highest BCUT2D eigenvalue weighted by molar-refractivity contribution is 7.99. The minimum absolute atomic E-state index is 0.183. The Kier molecular flexibility index (Phi) is 8.12. The van der Waals surface area contributed by atoms with E-state index in [0.29, 0.717) is 4.90 Å². The van der Waals surface area contributed by atoms with Crippen molar-refractivity contribution >= 4 is 35.5 Å². The van der Waals surface area contributed by atoms with Gasteiger partial charge in [0.2, 0.25) is 0 Å². The molecule has 3 unspecified atom stereocenters. The molecule has 0 amide bonds. The number of esters is 3. The minimum Gasteiger partial charge on any atom is -0.463 e. The van der Waals surface area contributed by atoms with Crippen LogP contribution in [-0.4, -0.2) is 58.2 Å². The van der Waals surface area contributed by atoms with Gasteiger partial charge in [-0.25, -0.2) is 0 Å². The molecule has 1 aliphatic rings. The first-order valence-electron chi connectivity index (χ1n) is 8.98. The molecule has 0 N–H and O–H groups in total. The topological polar surface area (TPSA) is 144 Å². The average molecular weight is 442 g/mol. The summed E-state index contributed by atoms with van der Waals surface area (Å²) < 4.78 is 21.8. The van der Waals surface area contributed by atoms with Gasteiger partial charge in [0.05, 0.1) is 0 Å². The van der Waals surface area contributed by atoms with Crippen LogP contribution in [0.2, 0.25) is 0 Å². The molecule has 2 rings (SSSR count). The first-order chi connectivity index (χ1) is 14.1. The second-order valence-electron chi connectivity index (χ2n) is 6.58. The molecule has 1 aromatic rings. The highest BCUT2D eigenvalue weighted by Crippen LogP contribution is 2.39. The third kappa shape index (κ3) is 6.39. The lowest BCUT2D eigenvalue weighted by atomic mass is 9.91. The monoisotopic (exact) mass is 442 g/mol. The van der Waals surface area contributed by atoms with E-state index in [1.54, 1.807) is 13.0 Å². The van der Waals surface area contributed by atoms with Crippen molar-refractivity contribution < 1.29 is 38.3 Å². The zero-order valence-corrected chi connectivity index (χ0v) is 17.6. The number of aromatic nitrogens is 1. The normalized spacial score (nSPS) is 25.8. The molecule has 11 nitrogen and oxygen atoms in total. The Balaban J connectivity index is 2.33. The number of hydrogen-bond acceptors (Lipinski definition) is 11. The zero-order chi connectivity index (χ0) is 22.4. The Hall–Kier alpha value is -2.73. The lowest BCUT2D eigenvalue weighted by Crippen LogP contribution is -2.56. The molecular weight excluding hydrogens is 420 g/mol. The smallest absolute Gasteiger partial charge is 0.364 e. The largest absolute Gasteiger partial charge is 0.463 e. The van der Waals surface area contributed by atoms with E-state index in [0.717, 1.165) is 11.8 Å². The van der Waals surface area contributed by atoms with Crippen LogP contribution in [-0.2, 0) is 33.3 Å². The molecule has 0 aromatic carbocycles. The summed E-state index contributed by atoms with van der Waals surface area (Å²) in [5, 5.41) is 11.0. The summed E-state index contributed by atoms with van der Waals surface area (Å²) in [5.74, 6) is -2.53. The fourth-order valence-electron chi connectivity index (χ4n) is 2.97. The second-order valence-corrected chi connectivity index (χ2v) is 7.75. The van der Waals surface area contributed by atoms with Gasteiger partial charge in [0, 0.05) is 37.7 Å². The molecule has 0 radical (unpaired) electrons. The number of thioether (sulfide) groups is 1. The number of carbonyl (C=O) groups excluding carboxylic acids is 3. The number of pyridine rings is 1. The van der Waals surface area contributed by atoms with Crippen molar-refractivity contribution in [2.24, 2.45) is 5.92 Å². The van der Waals surface area contributed by atoms with Gasteiger partial charge in [-0.2, -0.15) is 0 Å². The van der Waals surface area contributed by atoms with Crippen LogP contribution < -0.4 is 0 Å². The van der Waals surface area contributed by atoms with Crippen LogP contribution in [0.1, 0.15) is 27.7 Å². The van der Waals surface area contributed by atoms with Crippen LogP contribution in [0, 0.1) is 16.0 Å². The molecule has 30 heavy (non-hydrogen) atoms. The van der Waals surface area contributed by atoms with Gasteiger partial charge in [-0.05, 0) is 16.0 Å². The van der Waals surface area contributed by atoms with Gasteiger partial charge in [-0.15, -0.1) is 0 Å². The fraction of sp³-hybridized carbons (Fsp3) is 0.556. The highest BCUT2D eigenvalue weighted by Gasteiger charge is 2.48. The SMILES string of the molecule is CC(=O)OCC1O[C@H](Sc2ccnc([N+](=O)[O-])c2)C(OC(C)=O)C(C)[C@H]1OC(C)=O. The van der Waals surface area contributed by atoms with Crippen LogP contribution >= 0.6 is 11.8 Å². The molecule has 1 fully saturated rings. The minimum atomic E-state index is -0.838. The second kappa shape index (κ2) is 10.3. The molecule has 0 spiro atoms. The van der Waals surface area contributed by atoms with E-state index < -0.39 is 52.5 Å². The Morgan fingerprint density at radius 1 is 1.17 bits per heavy atom. The predicted octanol–water partition coefficient (Wildman–Crippen LogP) is 1.87. The number of nitro groups is 1. The van der Waals surface area contributed by atoms with Gasteiger partial charge < -0.3 is 29.1 Å². The molecule has 0 saturated carbocycles. The van der Waals surface area contributed by atoms with Crippen molar-refractivity contribution in [3.8, 4) is 0 Å². The molecule has 1 saturated heterocycles. The maximum atomic E-state index is 11.7. The number of rotatable bonds is 7. The van der Waals surface area contributed by atoms with Crippen LogP contribution in [0.3, 0.4) is 0 Å². The Labute approximate surface area is 176 Å². The molecule has 5 atom stereocenters. The Morgan fingerprint density at radius 2 is 1.80 bits per heavy atom. The van der Waals surface area contributed by atoms with E-state index >= 15 is 0 Å². The standard InChI is InChI=1S/C18H22N2O9S/c1-9-16(27-11(3)22)14(8-26-10(2)21)29-18(17(9)28-12(4)23)30-13-5-6-19-15(7-13)20(24)25/h5-7,9,14,16-18H,8H2,1-4H3/t9?,14?,16-,17?,18-/m1/s1. The fourth-order valence-corrected chi connectivity index (χ4v) is 4.18. The van der Waals surface area contributed by atoms with Gasteiger partial charge in [0.1, 0.15) is 36.6 Å². The summed E-state index contributed by atoms with van der Waals surface area (Å²) in [4.78, 5) is 49.0. The number of nitrogens with zero attached hydrogens (tertiary/aromatic N) is 2. The predicted molar refractivity (Wildman–Crippen MR) is 102 cm³/mol. The van der Waals surface area contributed by atoms with E-state index in [2.05, 4.69) is 4.98 Å². The van der Waals surface area contributed by atoms with Crippen LogP contribution in [0.5, 0.6) is 0 Å². The summed E-state index contributed by atoms with van der Waals surface area (Å²) in [6.45, 7) is 5.23. The molecule has 1 aliphatic heterocycles. The van der Waals surface area contributed by atoms with Crippen molar-refractivity contribution in [2.45, 2.75) is 56.3 Å². The van der Waals surface area contributed by atoms with Gasteiger partial charge >= 0.3 is 23.7 Å². The van der Waals surface area contributed by atoms with Crippen LogP contribution in [0.4, 0.5) is 5.82 Å². The number of hydrogen-bond donors (Lipinski definition) is 0. The molecular formula is C18H22N2O9S. The van der Waals surface area contributed by atoms with E-state index in [-0.39, 0.29) is 12.4 Å². The Bertz CT molecular complexity index is 817. The maximum Gasteiger partial charge on any atom is 0.364 e. The third-order valence-electron chi connectivity index (χ3n) is 4.19. The molecule has 164 valence electrons. The summed E-state index contributed by atoms with van der Waals surface area (Å²) in [6, 6.07) is 2.82. The summed E-state index contributed by atoms with van der Waals surface area (Å²) >= 11 is 1.08. The maximum absolute atomic E-state index is 11.7. The highest BCUT2D eigenvalue weighted by atomic mass is 32.2.